The lowest BCUT2D eigenvalue weighted by Gasteiger charge is -2.13. The number of hydrogen-bond acceptors (Lipinski definition) is 2. The molecule has 0 amide bonds. The molecule has 72 valence electrons. The van der Waals surface area contributed by atoms with Gasteiger partial charge < -0.3 is 5.73 Å². The first-order chi connectivity index (χ1) is 6.29. The number of nitrogens with zero attached hydrogens (tertiary/aromatic N) is 1. The Morgan fingerprint density at radius 2 is 2.23 bits per heavy atom. The summed E-state index contributed by atoms with van der Waals surface area (Å²) in [7, 11) is 0. The molecule has 2 heteroatoms. The zero-order valence-corrected chi connectivity index (χ0v) is 8.46. The number of nitrogens with two attached hydrogens (primary N) is 1. The van der Waals surface area contributed by atoms with Gasteiger partial charge in [-0.05, 0) is 24.5 Å². The molecule has 0 saturated carbocycles. The van der Waals surface area contributed by atoms with Crippen molar-refractivity contribution in [3.05, 3.63) is 29.6 Å². The summed E-state index contributed by atoms with van der Waals surface area (Å²) in [5.74, 6) is 0. The molecule has 1 rings (SSSR count). The Morgan fingerprint density at radius 3 is 2.85 bits per heavy atom. The summed E-state index contributed by atoms with van der Waals surface area (Å²) in [5, 5.41) is 0. The molecule has 2 nitrogen and oxygen atoms in total. The number of rotatable bonds is 4. The van der Waals surface area contributed by atoms with E-state index in [1.807, 2.05) is 12.3 Å². The van der Waals surface area contributed by atoms with Crippen LogP contribution in [0.5, 0.6) is 0 Å². The minimum atomic E-state index is 0.112. The summed E-state index contributed by atoms with van der Waals surface area (Å²) in [6.07, 6.45) is 4.97. The summed E-state index contributed by atoms with van der Waals surface area (Å²) in [6, 6.07) is 4.19. The van der Waals surface area contributed by atoms with E-state index in [1.54, 1.807) is 0 Å². The Morgan fingerprint density at radius 1 is 1.46 bits per heavy atom. The van der Waals surface area contributed by atoms with Gasteiger partial charge in [-0.1, -0.05) is 26.3 Å². The highest BCUT2D eigenvalue weighted by molar-refractivity contribution is 5.22. The van der Waals surface area contributed by atoms with Gasteiger partial charge in [0.05, 0.1) is 5.69 Å². The minimum absolute atomic E-state index is 0.112. The van der Waals surface area contributed by atoms with Gasteiger partial charge in [-0.25, -0.2) is 0 Å². The third-order valence-corrected chi connectivity index (χ3v) is 2.26. The van der Waals surface area contributed by atoms with E-state index in [0.29, 0.717) is 0 Å². The number of aryl methyl sites for hydroxylation is 1. The number of pyridine rings is 1. The van der Waals surface area contributed by atoms with E-state index in [9.17, 15) is 0 Å². The van der Waals surface area contributed by atoms with Gasteiger partial charge in [0.25, 0.3) is 0 Å². The maximum atomic E-state index is 6.02. The molecule has 13 heavy (non-hydrogen) atoms. The lowest BCUT2D eigenvalue weighted by atomic mass is 10.0. The van der Waals surface area contributed by atoms with E-state index in [0.717, 1.165) is 25.0 Å². The van der Waals surface area contributed by atoms with Gasteiger partial charge in [0.15, 0.2) is 0 Å². The molecule has 1 aromatic rings. The molecule has 0 radical (unpaired) electrons. The molecule has 2 N–H and O–H groups in total. The normalized spacial score (nSPS) is 12.8. The molecule has 0 bridgehead atoms. The number of hydrogen-bond donors (Lipinski definition) is 1. The third-order valence-electron chi connectivity index (χ3n) is 2.26. The lowest BCUT2D eigenvalue weighted by Crippen LogP contribution is -2.13. The van der Waals surface area contributed by atoms with Gasteiger partial charge in [0.2, 0.25) is 0 Å². The predicted octanol–water partition coefficient (Wildman–Crippen LogP) is 2.44. The molecule has 1 atom stereocenters. The predicted molar refractivity (Wildman–Crippen MR) is 55.5 cm³/mol. The fourth-order valence-electron chi connectivity index (χ4n) is 1.53. The van der Waals surface area contributed by atoms with Crippen LogP contribution >= 0.6 is 0 Å². The van der Waals surface area contributed by atoms with Crippen LogP contribution < -0.4 is 5.73 Å². The van der Waals surface area contributed by atoms with Gasteiger partial charge in [0, 0.05) is 12.2 Å². The van der Waals surface area contributed by atoms with Crippen LogP contribution in [-0.4, -0.2) is 4.98 Å². The summed E-state index contributed by atoms with van der Waals surface area (Å²) in [4.78, 5) is 4.34. The Kier molecular flexibility index (Phi) is 3.90. The molecule has 0 unspecified atom stereocenters. The third kappa shape index (κ3) is 2.52. The first kappa shape index (κ1) is 10.2. The molecule has 0 spiro atoms. The average molecular weight is 178 g/mol. The summed E-state index contributed by atoms with van der Waals surface area (Å²) in [6.45, 7) is 4.29. The Hall–Kier alpha value is -0.890. The maximum absolute atomic E-state index is 6.02. The van der Waals surface area contributed by atoms with Crippen molar-refractivity contribution in [1.29, 1.82) is 0 Å². The molecule has 0 aliphatic heterocycles. The highest BCUT2D eigenvalue weighted by Gasteiger charge is 2.09. The van der Waals surface area contributed by atoms with Crippen LogP contribution in [-0.2, 0) is 6.42 Å². The number of aromatic nitrogens is 1. The monoisotopic (exact) mass is 178 g/mol. The van der Waals surface area contributed by atoms with Crippen LogP contribution in [0.3, 0.4) is 0 Å². The summed E-state index contributed by atoms with van der Waals surface area (Å²) >= 11 is 0. The highest BCUT2D eigenvalue weighted by atomic mass is 14.8. The fraction of sp³-hybridized carbons (Fsp3) is 0.545. The van der Waals surface area contributed by atoms with Crippen molar-refractivity contribution >= 4 is 0 Å². The first-order valence-corrected chi connectivity index (χ1v) is 4.99. The average Bonchev–Trinajstić information content (AvgIpc) is 2.18. The second kappa shape index (κ2) is 4.97. The van der Waals surface area contributed by atoms with E-state index < -0.39 is 0 Å². The molecule has 0 saturated heterocycles. The van der Waals surface area contributed by atoms with Crippen LogP contribution in [0, 0.1) is 0 Å². The first-order valence-electron chi connectivity index (χ1n) is 4.99. The molecule has 1 aromatic heterocycles. The summed E-state index contributed by atoms with van der Waals surface area (Å²) < 4.78 is 0. The van der Waals surface area contributed by atoms with Crippen molar-refractivity contribution in [3.8, 4) is 0 Å². The fourth-order valence-corrected chi connectivity index (χ4v) is 1.53. The van der Waals surface area contributed by atoms with Crippen LogP contribution in [0.4, 0.5) is 0 Å². The quantitative estimate of drug-likeness (QED) is 0.769. The standard InChI is InChI=1S/C11H18N2/c1-3-6-10(12)11-9(4-2)7-5-8-13-11/h5,7-8,10H,3-4,6,12H2,1-2H3/t10-/m1/s1. The van der Waals surface area contributed by atoms with Gasteiger partial charge in [0.1, 0.15) is 0 Å². The molecule has 1 heterocycles. The van der Waals surface area contributed by atoms with Crippen molar-refractivity contribution in [3.63, 3.8) is 0 Å². The SMILES string of the molecule is CCC[C@@H](N)c1ncccc1CC. The van der Waals surface area contributed by atoms with Gasteiger partial charge in [-0.3, -0.25) is 4.98 Å². The van der Waals surface area contributed by atoms with Gasteiger partial charge in [-0.15, -0.1) is 0 Å². The summed E-state index contributed by atoms with van der Waals surface area (Å²) in [5.41, 5.74) is 8.38. The van der Waals surface area contributed by atoms with Gasteiger partial charge in [-0.2, -0.15) is 0 Å². The van der Waals surface area contributed by atoms with Gasteiger partial charge >= 0.3 is 0 Å². The van der Waals surface area contributed by atoms with Crippen LogP contribution in [0.25, 0.3) is 0 Å². The molecule has 0 aromatic carbocycles. The Labute approximate surface area is 80.2 Å². The minimum Gasteiger partial charge on any atom is -0.323 e. The molecule has 0 aliphatic carbocycles. The van der Waals surface area contributed by atoms with Crippen molar-refractivity contribution < 1.29 is 0 Å². The van der Waals surface area contributed by atoms with Crippen LogP contribution in [0.2, 0.25) is 0 Å². The van der Waals surface area contributed by atoms with Crippen molar-refractivity contribution in [2.75, 3.05) is 0 Å². The second-order valence-corrected chi connectivity index (χ2v) is 3.30. The lowest BCUT2D eigenvalue weighted by molar-refractivity contribution is 0.615. The van der Waals surface area contributed by atoms with Crippen molar-refractivity contribution in [1.82, 2.24) is 4.98 Å². The molecular formula is C11H18N2. The van der Waals surface area contributed by atoms with E-state index in [-0.39, 0.29) is 6.04 Å². The topological polar surface area (TPSA) is 38.9 Å². The Balaban J connectivity index is 2.85. The molecular weight excluding hydrogens is 160 g/mol. The molecule has 0 aliphatic rings. The Bertz CT molecular complexity index is 258. The maximum Gasteiger partial charge on any atom is 0.0602 e. The van der Waals surface area contributed by atoms with E-state index in [4.69, 9.17) is 5.73 Å². The smallest absolute Gasteiger partial charge is 0.0602 e. The largest absolute Gasteiger partial charge is 0.323 e. The zero-order valence-electron chi connectivity index (χ0n) is 8.46. The molecule has 0 fully saturated rings. The van der Waals surface area contributed by atoms with E-state index >= 15 is 0 Å². The van der Waals surface area contributed by atoms with E-state index in [2.05, 4.69) is 24.9 Å². The second-order valence-electron chi connectivity index (χ2n) is 3.30. The van der Waals surface area contributed by atoms with E-state index in [1.165, 1.54) is 5.56 Å². The zero-order chi connectivity index (χ0) is 9.68. The highest BCUT2D eigenvalue weighted by Crippen LogP contribution is 2.17. The van der Waals surface area contributed by atoms with Crippen LogP contribution in [0.15, 0.2) is 18.3 Å². The van der Waals surface area contributed by atoms with Crippen molar-refractivity contribution in [2.45, 2.75) is 39.2 Å². The van der Waals surface area contributed by atoms with Crippen molar-refractivity contribution in [2.24, 2.45) is 5.73 Å². The van der Waals surface area contributed by atoms with Crippen LogP contribution in [0.1, 0.15) is 44.0 Å².